The average Bonchev–Trinajstić information content (AvgIpc) is 2.98. The normalized spacial score (nSPS) is 10.4. The van der Waals surface area contributed by atoms with Gasteiger partial charge in [-0.25, -0.2) is 0 Å². The van der Waals surface area contributed by atoms with Crippen molar-refractivity contribution in [1.29, 1.82) is 0 Å². The van der Waals surface area contributed by atoms with E-state index < -0.39 is 4.92 Å². The summed E-state index contributed by atoms with van der Waals surface area (Å²) in [6.07, 6.45) is 2.00. The Hall–Kier alpha value is -2.68. The standard InChI is InChI=1S/C16H18N4O4S/c1-3-10-19-15(12-5-7-13(8-6-12)20(22)23)17-18-16(19)25-11-9-14(21)24-4-2/h3,5-8H,1,4,9-11H2,2H3. The summed E-state index contributed by atoms with van der Waals surface area (Å²) in [5.74, 6) is 0.864. The van der Waals surface area contributed by atoms with Gasteiger partial charge in [-0.1, -0.05) is 17.8 Å². The molecular formula is C16H18N4O4S. The fourth-order valence-corrected chi connectivity index (χ4v) is 2.96. The Morgan fingerprint density at radius 2 is 2.12 bits per heavy atom. The molecule has 0 N–H and O–H groups in total. The van der Waals surface area contributed by atoms with Crippen LogP contribution in [0.3, 0.4) is 0 Å². The predicted octanol–water partition coefficient (Wildman–Crippen LogP) is 3.08. The van der Waals surface area contributed by atoms with Gasteiger partial charge in [0.15, 0.2) is 11.0 Å². The molecule has 0 unspecified atom stereocenters. The molecule has 9 heteroatoms. The summed E-state index contributed by atoms with van der Waals surface area (Å²) in [5.41, 5.74) is 0.736. The van der Waals surface area contributed by atoms with E-state index in [1.165, 1.54) is 23.9 Å². The number of allylic oxidation sites excluding steroid dienone is 1. The molecule has 0 fully saturated rings. The number of thioether (sulfide) groups is 1. The zero-order valence-corrected chi connectivity index (χ0v) is 14.6. The highest BCUT2D eigenvalue weighted by atomic mass is 32.2. The van der Waals surface area contributed by atoms with Crippen LogP contribution in [-0.4, -0.2) is 38.0 Å². The van der Waals surface area contributed by atoms with Crippen molar-refractivity contribution in [3.63, 3.8) is 0 Å². The van der Waals surface area contributed by atoms with Crippen molar-refractivity contribution < 1.29 is 14.5 Å². The van der Waals surface area contributed by atoms with Crippen molar-refractivity contribution in [2.24, 2.45) is 0 Å². The van der Waals surface area contributed by atoms with E-state index in [1.807, 2.05) is 4.57 Å². The van der Waals surface area contributed by atoms with E-state index in [4.69, 9.17) is 4.74 Å². The Morgan fingerprint density at radius 3 is 2.72 bits per heavy atom. The number of rotatable bonds is 9. The van der Waals surface area contributed by atoms with E-state index in [0.29, 0.717) is 29.9 Å². The number of nitro benzene ring substituents is 1. The van der Waals surface area contributed by atoms with Crippen LogP contribution in [0.15, 0.2) is 42.1 Å². The number of nitro groups is 1. The topological polar surface area (TPSA) is 100 Å². The van der Waals surface area contributed by atoms with Gasteiger partial charge < -0.3 is 4.74 Å². The highest BCUT2D eigenvalue weighted by Crippen LogP contribution is 2.26. The lowest BCUT2D eigenvalue weighted by Gasteiger charge is -2.07. The van der Waals surface area contributed by atoms with Gasteiger partial charge in [0.2, 0.25) is 0 Å². The zero-order chi connectivity index (χ0) is 18.2. The molecule has 0 amide bonds. The van der Waals surface area contributed by atoms with Crippen molar-refractivity contribution in [1.82, 2.24) is 14.8 Å². The number of carbonyl (C=O) groups is 1. The van der Waals surface area contributed by atoms with Gasteiger partial charge in [-0.2, -0.15) is 0 Å². The number of non-ortho nitro benzene ring substituents is 1. The fourth-order valence-electron chi connectivity index (χ4n) is 2.09. The third-order valence-corrected chi connectivity index (χ3v) is 4.18. The van der Waals surface area contributed by atoms with Gasteiger partial charge in [-0.15, -0.1) is 16.8 Å². The van der Waals surface area contributed by atoms with E-state index >= 15 is 0 Å². The summed E-state index contributed by atoms with van der Waals surface area (Å²) in [4.78, 5) is 21.7. The Morgan fingerprint density at radius 1 is 1.40 bits per heavy atom. The molecule has 0 aliphatic heterocycles. The minimum atomic E-state index is -0.449. The van der Waals surface area contributed by atoms with Crippen LogP contribution < -0.4 is 0 Å². The first kappa shape index (κ1) is 18.7. The van der Waals surface area contributed by atoms with Gasteiger partial charge >= 0.3 is 5.97 Å². The number of aromatic nitrogens is 3. The van der Waals surface area contributed by atoms with Crippen LogP contribution in [0.1, 0.15) is 13.3 Å². The lowest BCUT2D eigenvalue weighted by atomic mass is 10.2. The maximum absolute atomic E-state index is 11.4. The van der Waals surface area contributed by atoms with Gasteiger partial charge in [0, 0.05) is 30.0 Å². The molecule has 1 heterocycles. The molecule has 0 aliphatic carbocycles. The number of hydrogen-bond donors (Lipinski definition) is 0. The highest BCUT2D eigenvalue weighted by Gasteiger charge is 2.15. The van der Waals surface area contributed by atoms with E-state index in [-0.39, 0.29) is 18.1 Å². The van der Waals surface area contributed by atoms with Crippen molar-refractivity contribution in [3.05, 3.63) is 47.0 Å². The van der Waals surface area contributed by atoms with E-state index in [1.54, 1.807) is 25.1 Å². The third-order valence-electron chi connectivity index (χ3n) is 3.21. The second kappa shape index (κ2) is 8.97. The molecule has 0 atom stereocenters. The molecule has 132 valence electrons. The van der Waals surface area contributed by atoms with Gasteiger partial charge in [0.25, 0.3) is 5.69 Å². The maximum Gasteiger partial charge on any atom is 0.306 e. The minimum Gasteiger partial charge on any atom is -0.466 e. The number of benzene rings is 1. The molecule has 1 aromatic heterocycles. The molecule has 0 saturated heterocycles. The Bertz CT molecular complexity index is 758. The average molecular weight is 362 g/mol. The molecule has 1 aromatic carbocycles. The summed E-state index contributed by atoms with van der Waals surface area (Å²) in [5, 5.41) is 19.7. The predicted molar refractivity (Wildman–Crippen MR) is 94.3 cm³/mol. The third kappa shape index (κ3) is 4.90. The monoisotopic (exact) mass is 362 g/mol. The number of esters is 1. The van der Waals surface area contributed by atoms with E-state index in [9.17, 15) is 14.9 Å². The number of carbonyl (C=O) groups excluding carboxylic acids is 1. The second-order valence-corrected chi connectivity index (χ2v) is 5.97. The second-order valence-electron chi connectivity index (χ2n) is 4.91. The molecule has 0 bridgehead atoms. The first-order chi connectivity index (χ1) is 12.1. The molecular weight excluding hydrogens is 344 g/mol. The summed E-state index contributed by atoms with van der Waals surface area (Å²) in [6, 6.07) is 6.12. The fraction of sp³-hybridized carbons (Fsp3) is 0.312. The van der Waals surface area contributed by atoms with Crippen LogP contribution in [0.5, 0.6) is 0 Å². The van der Waals surface area contributed by atoms with Gasteiger partial charge in [0.1, 0.15) is 0 Å². The zero-order valence-electron chi connectivity index (χ0n) is 13.8. The van der Waals surface area contributed by atoms with Crippen LogP contribution in [0.2, 0.25) is 0 Å². The van der Waals surface area contributed by atoms with Crippen molar-refractivity contribution in [2.45, 2.75) is 25.0 Å². The number of hydrogen-bond acceptors (Lipinski definition) is 7. The molecule has 0 saturated carbocycles. The van der Waals surface area contributed by atoms with Crippen molar-refractivity contribution in [3.8, 4) is 11.4 Å². The van der Waals surface area contributed by atoms with Crippen LogP contribution in [0.4, 0.5) is 5.69 Å². The Labute approximate surface area is 149 Å². The van der Waals surface area contributed by atoms with E-state index in [0.717, 1.165) is 5.56 Å². The molecule has 0 radical (unpaired) electrons. The smallest absolute Gasteiger partial charge is 0.306 e. The van der Waals surface area contributed by atoms with Crippen LogP contribution >= 0.6 is 11.8 Å². The van der Waals surface area contributed by atoms with Gasteiger partial charge in [-0.3, -0.25) is 19.5 Å². The summed E-state index contributed by atoms with van der Waals surface area (Å²) in [6.45, 7) is 6.35. The SMILES string of the molecule is C=CCn1c(SCCC(=O)OCC)nnc1-c1ccc([N+](=O)[O-])cc1. The molecule has 2 rings (SSSR count). The molecule has 0 spiro atoms. The summed E-state index contributed by atoms with van der Waals surface area (Å²) >= 11 is 1.40. The minimum absolute atomic E-state index is 0.0163. The maximum atomic E-state index is 11.4. The van der Waals surface area contributed by atoms with Crippen molar-refractivity contribution >= 4 is 23.4 Å². The van der Waals surface area contributed by atoms with E-state index in [2.05, 4.69) is 16.8 Å². The first-order valence-corrected chi connectivity index (χ1v) is 8.62. The number of nitrogens with zero attached hydrogens (tertiary/aromatic N) is 4. The summed E-state index contributed by atoms with van der Waals surface area (Å²) in [7, 11) is 0. The number of ether oxygens (including phenoxy) is 1. The van der Waals surface area contributed by atoms with Gasteiger partial charge in [-0.05, 0) is 19.1 Å². The van der Waals surface area contributed by atoms with Crippen LogP contribution in [0, 0.1) is 10.1 Å². The van der Waals surface area contributed by atoms with Crippen LogP contribution in [0.25, 0.3) is 11.4 Å². The largest absolute Gasteiger partial charge is 0.466 e. The molecule has 0 aliphatic rings. The molecule has 8 nitrogen and oxygen atoms in total. The molecule has 2 aromatic rings. The lowest BCUT2D eigenvalue weighted by molar-refractivity contribution is -0.384. The first-order valence-electron chi connectivity index (χ1n) is 7.64. The quantitative estimate of drug-likeness (QED) is 0.222. The summed E-state index contributed by atoms with van der Waals surface area (Å²) < 4.78 is 6.75. The Kier molecular flexibility index (Phi) is 6.70. The van der Waals surface area contributed by atoms with Crippen LogP contribution in [-0.2, 0) is 16.1 Å². The van der Waals surface area contributed by atoms with Gasteiger partial charge in [0.05, 0.1) is 18.0 Å². The Balaban J connectivity index is 2.16. The van der Waals surface area contributed by atoms with Crippen molar-refractivity contribution in [2.75, 3.05) is 12.4 Å². The lowest BCUT2D eigenvalue weighted by Crippen LogP contribution is -2.06. The molecule has 25 heavy (non-hydrogen) atoms. The highest BCUT2D eigenvalue weighted by molar-refractivity contribution is 7.99.